The molecule has 0 aliphatic carbocycles. The molecule has 206 valence electrons. The molecule has 3 aromatic rings. The van der Waals surface area contributed by atoms with E-state index in [1.54, 1.807) is 0 Å². The molecule has 2 aromatic carbocycles. The van der Waals surface area contributed by atoms with Crippen molar-refractivity contribution >= 4 is 22.8 Å². The lowest BCUT2D eigenvalue weighted by Gasteiger charge is -2.30. The van der Waals surface area contributed by atoms with E-state index in [1.807, 2.05) is 0 Å². The molecule has 0 aliphatic heterocycles. The van der Waals surface area contributed by atoms with Crippen molar-refractivity contribution in [3.63, 3.8) is 0 Å². The summed E-state index contributed by atoms with van der Waals surface area (Å²) in [6, 6.07) is 9.16. The van der Waals surface area contributed by atoms with E-state index in [2.05, 4.69) is 65.1 Å². The second-order valence-corrected chi connectivity index (χ2v) is 11.1. The highest BCUT2D eigenvalue weighted by Gasteiger charge is 2.26. The number of hydrogen-bond donors (Lipinski definition) is 2. The summed E-state index contributed by atoms with van der Waals surface area (Å²) in [5.74, 6) is -0.789. The van der Waals surface area contributed by atoms with E-state index >= 15 is 0 Å². The summed E-state index contributed by atoms with van der Waals surface area (Å²) < 4.78 is 12.3. The maximum absolute atomic E-state index is 12.7. The first-order valence-electron chi connectivity index (χ1n) is 13.3. The first-order valence-corrected chi connectivity index (χ1v) is 13.3. The van der Waals surface area contributed by atoms with Gasteiger partial charge in [0.15, 0.2) is 0 Å². The van der Waals surface area contributed by atoms with Crippen LogP contribution in [0.3, 0.4) is 0 Å². The quantitative estimate of drug-likeness (QED) is 0.290. The molecule has 0 radical (unpaired) electrons. The van der Waals surface area contributed by atoms with Gasteiger partial charge in [0.2, 0.25) is 0 Å². The Morgan fingerprint density at radius 1 is 1.03 bits per heavy atom. The number of carbonyl (C=O) groups excluding carboxylic acids is 1. The molecule has 38 heavy (non-hydrogen) atoms. The third-order valence-electron chi connectivity index (χ3n) is 7.73. The molecule has 0 spiro atoms. The number of carboxylic acids is 1. The number of benzene rings is 2. The van der Waals surface area contributed by atoms with Gasteiger partial charge in [-0.15, -0.1) is 0 Å². The van der Waals surface area contributed by atoms with Gasteiger partial charge in [0, 0.05) is 24.7 Å². The molecule has 2 N–H and O–H groups in total. The number of aryl methyl sites for hydroxylation is 1. The number of aromatic carboxylic acids is 1. The molecule has 0 aliphatic rings. The second kappa shape index (κ2) is 11.5. The van der Waals surface area contributed by atoms with Crippen LogP contribution in [0, 0.1) is 0 Å². The highest BCUT2D eigenvalue weighted by molar-refractivity contribution is 6.06. The first kappa shape index (κ1) is 29.0. The monoisotopic (exact) mass is 524 g/mol. The van der Waals surface area contributed by atoms with Crippen molar-refractivity contribution in [2.45, 2.75) is 78.1 Å². The Bertz CT molecular complexity index is 1380. The fraction of sp³-hybridized carbons (Fsp3) is 0.500. The highest BCUT2D eigenvalue weighted by atomic mass is 16.5. The van der Waals surface area contributed by atoms with Gasteiger partial charge >= 0.3 is 11.6 Å². The van der Waals surface area contributed by atoms with Crippen LogP contribution in [0.15, 0.2) is 39.6 Å². The van der Waals surface area contributed by atoms with Crippen LogP contribution in [-0.4, -0.2) is 34.9 Å². The predicted molar refractivity (Wildman–Crippen MR) is 149 cm³/mol. The summed E-state index contributed by atoms with van der Waals surface area (Å²) in [6.45, 7) is 14.3. The number of unbranched alkanes of at least 4 members (excludes halogenated alkanes) is 1. The second-order valence-electron chi connectivity index (χ2n) is 11.1. The molecule has 1 aromatic heterocycles. The van der Waals surface area contributed by atoms with Gasteiger partial charge in [0.05, 0.1) is 17.6 Å². The molecule has 8 heteroatoms. The van der Waals surface area contributed by atoms with Crippen LogP contribution in [-0.2, 0) is 17.9 Å². The maximum atomic E-state index is 12.7. The SMILES string of the molecule is CCC(C)(C)c1ccc(OCCCCNC(=O)c2cc(C(=O)O)c3c(c2)c(=O)on3C)c(C(C)(C)CC)c1. The zero-order valence-electron chi connectivity index (χ0n) is 23.6. The van der Waals surface area contributed by atoms with Crippen LogP contribution < -0.4 is 15.7 Å². The normalized spacial score (nSPS) is 12.1. The maximum Gasteiger partial charge on any atom is 0.365 e. The van der Waals surface area contributed by atoms with Crippen LogP contribution in [0.2, 0.25) is 0 Å². The standard InChI is InChI=1S/C30H40N2O6/c1-8-29(3,4)20-12-13-24(23(18-20)30(5,6)9-2)37-15-11-10-14-31-26(33)19-16-21(27(34)35)25-22(17-19)28(36)38-32(25)7/h12-13,16-18H,8-11,14-15H2,1-7H3,(H,31,33)(H,34,35). The van der Waals surface area contributed by atoms with E-state index < -0.39 is 17.5 Å². The molecule has 1 heterocycles. The Balaban J connectivity index is 1.61. The van der Waals surface area contributed by atoms with Crippen LogP contribution in [0.1, 0.15) is 99.1 Å². The topological polar surface area (TPSA) is 111 Å². The van der Waals surface area contributed by atoms with Crippen LogP contribution in [0.25, 0.3) is 10.9 Å². The van der Waals surface area contributed by atoms with Gasteiger partial charge < -0.3 is 19.7 Å². The first-order chi connectivity index (χ1) is 17.8. The minimum atomic E-state index is -1.24. The van der Waals surface area contributed by atoms with Crippen molar-refractivity contribution in [3.05, 3.63) is 63.0 Å². The Morgan fingerprint density at radius 3 is 2.34 bits per heavy atom. The number of nitrogens with one attached hydrogen (secondary N) is 1. The van der Waals surface area contributed by atoms with Crippen LogP contribution >= 0.6 is 0 Å². The molecule has 0 saturated carbocycles. The molecule has 1 amide bonds. The summed E-state index contributed by atoms with van der Waals surface area (Å²) in [6.07, 6.45) is 3.46. The third kappa shape index (κ3) is 6.11. The van der Waals surface area contributed by atoms with Gasteiger partial charge in [-0.2, -0.15) is 0 Å². The summed E-state index contributed by atoms with van der Waals surface area (Å²) >= 11 is 0. The van der Waals surface area contributed by atoms with Crippen LogP contribution in [0.5, 0.6) is 5.75 Å². The number of amides is 1. The number of rotatable bonds is 12. The zero-order chi connectivity index (χ0) is 28.3. The van der Waals surface area contributed by atoms with E-state index in [-0.39, 0.29) is 32.9 Å². The fourth-order valence-electron chi connectivity index (χ4n) is 4.36. The minimum absolute atomic E-state index is 0.0188. The summed E-state index contributed by atoms with van der Waals surface area (Å²) in [5, 5.41) is 12.4. The lowest BCUT2D eigenvalue weighted by Crippen LogP contribution is -2.25. The average molecular weight is 525 g/mol. The summed E-state index contributed by atoms with van der Waals surface area (Å²) in [5.41, 5.74) is 2.00. The molecular weight excluding hydrogens is 484 g/mol. The van der Waals surface area contributed by atoms with Gasteiger partial charge in [-0.3, -0.25) is 4.79 Å². The number of fused-ring (bicyclic) bond motifs is 1. The van der Waals surface area contributed by atoms with Gasteiger partial charge in [0.25, 0.3) is 5.91 Å². The fourth-order valence-corrected chi connectivity index (χ4v) is 4.36. The molecule has 0 saturated heterocycles. The Kier molecular flexibility index (Phi) is 8.75. The summed E-state index contributed by atoms with van der Waals surface area (Å²) in [7, 11) is 1.45. The van der Waals surface area contributed by atoms with E-state index in [0.29, 0.717) is 19.6 Å². The van der Waals surface area contributed by atoms with E-state index in [1.165, 1.54) is 30.3 Å². The molecule has 0 bridgehead atoms. The van der Waals surface area contributed by atoms with Crippen molar-refractivity contribution in [1.29, 1.82) is 0 Å². The number of ether oxygens (including phenoxy) is 1. The smallest absolute Gasteiger partial charge is 0.365 e. The van der Waals surface area contributed by atoms with Crippen molar-refractivity contribution in [1.82, 2.24) is 10.1 Å². The van der Waals surface area contributed by atoms with Crippen molar-refractivity contribution in [3.8, 4) is 5.75 Å². The third-order valence-corrected chi connectivity index (χ3v) is 7.73. The van der Waals surface area contributed by atoms with Gasteiger partial charge in [0.1, 0.15) is 11.3 Å². The molecule has 0 unspecified atom stereocenters. The van der Waals surface area contributed by atoms with Crippen molar-refractivity contribution in [2.75, 3.05) is 13.2 Å². The number of aromatic nitrogens is 1. The zero-order valence-corrected chi connectivity index (χ0v) is 23.6. The predicted octanol–water partition coefficient (Wildman–Crippen LogP) is 5.79. The lowest BCUT2D eigenvalue weighted by atomic mass is 9.76. The minimum Gasteiger partial charge on any atom is -0.493 e. The van der Waals surface area contributed by atoms with Gasteiger partial charge in [-0.05, 0) is 60.3 Å². The van der Waals surface area contributed by atoms with Crippen LogP contribution in [0.4, 0.5) is 0 Å². The molecule has 0 fully saturated rings. The lowest BCUT2D eigenvalue weighted by molar-refractivity contribution is 0.0697. The van der Waals surface area contributed by atoms with Gasteiger partial charge in [-0.25, -0.2) is 14.3 Å². The number of hydrogen-bond acceptors (Lipinski definition) is 5. The van der Waals surface area contributed by atoms with Crippen molar-refractivity contribution < 1.29 is 24.0 Å². The molecule has 0 atom stereocenters. The van der Waals surface area contributed by atoms with Crippen molar-refractivity contribution in [2.24, 2.45) is 7.05 Å². The average Bonchev–Trinajstić information content (AvgIpc) is 3.18. The molecule has 8 nitrogen and oxygen atoms in total. The van der Waals surface area contributed by atoms with E-state index in [0.717, 1.165) is 29.8 Å². The summed E-state index contributed by atoms with van der Waals surface area (Å²) in [4.78, 5) is 36.4. The number of nitrogens with zero attached hydrogens (tertiary/aromatic N) is 1. The Labute approximate surface area is 223 Å². The Hall–Kier alpha value is -3.55. The molecular formula is C30H40N2O6. The number of carbonyl (C=O) groups is 2. The number of carboxylic acid groups (broad SMARTS) is 1. The largest absolute Gasteiger partial charge is 0.493 e. The highest BCUT2D eigenvalue weighted by Crippen LogP contribution is 2.38. The molecule has 3 rings (SSSR count). The van der Waals surface area contributed by atoms with Gasteiger partial charge in [-0.1, -0.05) is 53.7 Å². The van der Waals surface area contributed by atoms with E-state index in [9.17, 15) is 19.5 Å². The van der Waals surface area contributed by atoms with E-state index in [4.69, 9.17) is 9.26 Å². The Morgan fingerprint density at radius 2 is 1.71 bits per heavy atom.